The number of amides is 1. The fourth-order valence-electron chi connectivity index (χ4n) is 3.58. The van der Waals surface area contributed by atoms with Crippen molar-refractivity contribution in [2.75, 3.05) is 19.5 Å². The summed E-state index contributed by atoms with van der Waals surface area (Å²) in [6, 6.07) is 24.6. The lowest BCUT2D eigenvalue weighted by molar-refractivity contribution is 0.0941. The zero-order valence-corrected chi connectivity index (χ0v) is 18.3. The fraction of sp³-hybridized carbons (Fsp3) is 0.154. The maximum absolute atomic E-state index is 13.3. The second-order valence-corrected chi connectivity index (χ2v) is 7.37. The first-order chi connectivity index (χ1) is 15.6. The molecule has 6 heteroatoms. The summed E-state index contributed by atoms with van der Waals surface area (Å²) < 4.78 is 10.8. The number of nitrogens with zero attached hydrogens (tertiary/aromatic N) is 1. The molecule has 0 fully saturated rings. The SMILES string of the molecule is COc1ccc(OC)c(Nc2cc(C(=O)N[C@@H](C)c3ccccc3)c3ccccc3n2)c1. The molecule has 3 aromatic carbocycles. The van der Waals surface area contributed by atoms with E-state index in [1.54, 1.807) is 20.3 Å². The number of fused-ring (bicyclic) bond motifs is 1. The summed E-state index contributed by atoms with van der Waals surface area (Å²) in [6.07, 6.45) is 0. The number of ether oxygens (including phenoxy) is 2. The third kappa shape index (κ3) is 4.49. The Hall–Kier alpha value is -4.06. The van der Waals surface area contributed by atoms with E-state index in [9.17, 15) is 4.79 Å². The molecule has 2 N–H and O–H groups in total. The smallest absolute Gasteiger partial charge is 0.252 e. The van der Waals surface area contributed by atoms with Gasteiger partial charge in [0.05, 0.1) is 37.0 Å². The molecule has 0 spiro atoms. The van der Waals surface area contributed by atoms with Crippen LogP contribution in [0.25, 0.3) is 10.9 Å². The van der Waals surface area contributed by atoms with Crippen molar-refractivity contribution in [3.63, 3.8) is 0 Å². The Labute approximate surface area is 187 Å². The molecular formula is C26H25N3O3. The zero-order valence-electron chi connectivity index (χ0n) is 18.3. The minimum absolute atomic E-state index is 0.134. The van der Waals surface area contributed by atoms with Crippen molar-refractivity contribution in [1.29, 1.82) is 0 Å². The maximum Gasteiger partial charge on any atom is 0.252 e. The molecule has 0 radical (unpaired) electrons. The monoisotopic (exact) mass is 427 g/mol. The van der Waals surface area contributed by atoms with Gasteiger partial charge in [-0.1, -0.05) is 48.5 Å². The topological polar surface area (TPSA) is 72.5 Å². The summed E-state index contributed by atoms with van der Waals surface area (Å²) in [5.74, 6) is 1.70. The average Bonchev–Trinajstić information content (AvgIpc) is 2.84. The standard InChI is InChI=1S/C26H25N3O3/c1-17(18-9-5-4-6-10-18)27-26(30)21-16-25(28-22-12-8-7-11-20(21)22)29-23-15-19(31-2)13-14-24(23)32-3/h4-17H,1-3H3,(H,27,30)(H,28,29)/t17-/m0/s1. The molecule has 0 bridgehead atoms. The third-order valence-corrected chi connectivity index (χ3v) is 5.28. The van der Waals surface area contributed by atoms with Crippen LogP contribution < -0.4 is 20.1 Å². The second-order valence-electron chi connectivity index (χ2n) is 7.37. The van der Waals surface area contributed by atoms with E-state index in [2.05, 4.69) is 10.6 Å². The molecule has 0 saturated heterocycles. The van der Waals surface area contributed by atoms with Crippen LogP contribution in [0.15, 0.2) is 78.9 Å². The predicted molar refractivity (Wildman–Crippen MR) is 127 cm³/mol. The molecule has 1 atom stereocenters. The molecule has 1 amide bonds. The second kappa shape index (κ2) is 9.39. The van der Waals surface area contributed by atoms with Crippen LogP contribution >= 0.6 is 0 Å². The number of pyridine rings is 1. The van der Waals surface area contributed by atoms with E-state index in [0.29, 0.717) is 28.6 Å². The molecular weight excluding hydrogens is 402 g/mol. The van der Waals surface area contributed by atoms with Crippen LogP contribution in [0.1, 0.15) is 28.9 Å². The van der Waals surface area contributed by atoms with Gasteiger partial charge in [0, 0.05) is 11.5 Å². The Morgan fingerprint density at radius 2 is 1.66 bits per heavy atom. The van der Waals surface area contributed by atoms with Crippen molar-refractivity contribution in [1.82, 2.24) is 10.3 Å². The van der Waals surface area contributed by atoms with Crippen LogP contribution in [-0.2, 0) is 0 Å². The normalized spacial score (nSPS) is 11.6. The zero-order chi connectivity index (χ0) is 22.5. The Bertz CT molecular complexity index is 1240. The summed E-state index contributed by atoms with van der Waals surface area (Å²) in [5, 5.41) is 7.16. The molecule has 0 unspecified atom stereocenters. The summed E-state index contributed by atoms with van der Waals surface area (Å²) in [7, 11) is 3.21. The molecule has 0 aliphatic carbocycles. The number of nitrogens with one attached hydrogen (secondary N) is 2. The van der Waals surface area contributed by atoms with Crippen LogP contribution in [-0.4, -0.2) is 25.1 Å². The summed E-state index contributed by atoms with van der Waals surface area (Å²) in [5.41, 5.74) is 3.00. The van der Waals surface area contributed by atoms with Gasteiger partial charge < -0.3 is 20.1 Å². The number of anilines is 2. The average molecular weight is 428 g/mol. The van der Waals surface area contributed by atoms with E-state index >= 15 is 0 Å². The first-order valence-corrected chi connectivity index (χ1v) is 10.3. The Morgan fingerprint density at radius 3 is 2.41 bits per heavy atom. The van der Waals surface area contributed by atoms with E-state index in [1.807, 2.05) is 79.7 Å². The van der Waals surface area contributed by atoms with Gasteiger partial charge in [0.2, 0.25) is 0 Å². The highest BCUT2D eigenvalue weighted by molar-refractivity contribution is 6.07. The van der Waals surface area contributed by atoms with Crippen molar-refractivity contribution < 1.29 is 14.3 Å². The first-order valence-electron chi connectivity index (χ1n) is 10.3. The highest BCUT2D eigenvalue weighted by atomic mass is 16.5. The van der Waals surface area contributed by atoms with Gasteiger partial charge in [-0.15, -0.1) is 0 Å². The van der Waals surface area contributed by atoms with Crippen molar-refractivity contribution in [2.24, 2.45) is 0 Å². The molecule has 0 saturated carbocycles. The van der Waals surface area contributed by atoms with Crippen LogP contribution in [0.2, 0.25) is 0 Å². The quantitative estimate of drug-likeness (QED) is 0.408. The molecule has 0 aliphatic heterocycles. The molecule has 1 aromatic heterocycles. The number of methoxy groups -OCH3 is 2. The predicted octanol–water partition coefficient (Wildman–Crippen LogP) is 5.49. The minimum atomic E-state index is -0.166. The summed E-state index contributed by atoms with van der Waals surface area (Å²) >= 11 is 0. The van der Waals surface area contributed by atoms with E-state index in [4.69, 9.17) is 14.5 Å². The minimum Gasteiger partial charge on any atom is -0.497 e. The summed E-state index contributed by atoms with van der Waals surface area (Å²) in [4.78, 5) is 18.0. The van der Waals surface area contributed by atoms with Crippen molar-refractivity contribution in [3.05, 3.63) is 90.0 Å². The van der Waals surface area contributed by atoms with Gasteiger partial charge in [-0.2, -0.15) is 0 Å². The molecule has 32 heavy (non-hydrogen) atoms. The van der Waals surface area contributed by atoms with E-state index in [-0.39, 0.29) is 11.9 Å². The van der Waals surface area contributed by atoms with Gasteiger partial charge in [0.1, 0.15) is 17.3 Å². The van der Waals surface area contributed by atoms with Gasteiger partial charge >= 0.3 is 0 Å². The van der Waals surface area contributed by atoms with E-state index in [0.717, 1.165) is 16.5 Å². The highest BCUT2D eigenvalue weighted by Crippen LogP contribution is 2.32. The number of benzene rings is 3. The molecule has 4 rings (SSSR count). The van der Waals surface area contributed by atoms with Gasteiger partial charge in [-0.25, -0.2) is 4.98 Å². The van der Waals surface area contributed by atoms with Crippen LogP contribution in [0.4, 0.5) is 11.5 Å². The van der Waals surface area contributed by atoms with Gasteiger partial charge in [-0.3, -0.25) is 4.79 Å². The van der Waals surface area contributed by atoms with E-state index < -0.39 is 0 Å². The molecule has 1 heterocycles. The maximum atomic E-state index is 13.3. The number of hydrogen-bond acceptors (Lipinski definition) is 5. The third-order valence-electron chi connectivity index (χ3n) is 5.28. The largest absolute Gasteiger partial charge is 0.497 e. The van der Waals surface area contributed by atoms with Crippen LogP contribution in [0.5, 0.6) is 11.5 Å². The first kappa shape index (κ1) is 21.2. The van der Waals surface area contributed by atoms with Crippen molar-refractivity contribution >= 4 is 28.3 Å². The Balaban J connectivity index is 1.70. The van der Waals surface area contributed by atoms with Crippen LogP contribution in [0.3, 0.4) is 0 Å². The lowest BCUT2D eigenvalue weighted by Gasteiger charge is -2.17. The number of rotatable bonds is 7. The number of hydrogen-bond donors (Lipinski definition) is 2. The Kier molecular flexibility index (Phi) is 6.22. The molecule has 0 aliphatic rings. The summed E-state index contributed by atoms with van der Waals surface area (Å²) in [6.45, 7) is 1.97. The van der Waals surface area contributed by atoms with Crippen molar-refractivity contribution in [3.8, 4) is 11.5 Å². The number of aromatic nitrogens is 1. The molecule has 4 aromatic rings. The van der Waals surface area contributed by atoms with Gasteiger partial charge in [-0.05, 0) is 36.8 Å². The number of carbonyl (C=O) groups is 1. The fourth-order valence-corrected chi connectivity index (χ4v) is 3.58. The highest BCUT2D eigenvalue weighted by Gasteiger charge is 2.17. The van der Waals surface area contributed by atoms with Crippen molar-refractivity contribution in [2.45, 2.75) is 13.0 Å². The lowest BCUT2D eigenvalue weighted by Crippen LogP contribution is -2.27. The Morgan fingerprint density at radius 1 is 0.906 bits per heavy atom. The number of para-hydroxylation sites is 1. The number of carbonyl (C=O) groups excluding carboxylic acids is 1. The van der Waals surface area contributed by atoms with Gasteiger partial charge in [0.25, 0.3) is 5.91 Å². The van der Waals surface area contributed by atoms with Gasteiger partial charge in [0.15, 0.2) is 0 Å². The lowest BCUT2D eigenvalue weighted by atomic mass is 10.1. The molecule has 6 nitrogen and oxygen atoms in total. The van der Waals surface area contributed by atoms with Crippen LogP contribution in [0, 0.1) is 0 Å². The molecule has 162 valence electrons. The van der Waals surface area contributed by atoms with E-state index in [1.165, 1.54) is 0 Å².